The van der Waals surface area contributed by atoms with Gasteiger partial charge in [0.2, 0.25) is 5.50 Å². The summed E-state index contributed by atoms with van der Waals surface area (Å²) in [6.45, 7) is 19.3. The van der Waals surface area contributed by atoms with Crippen LogP contribution in [0, 0.1) is 23.2 Å². The Morgan fingerprint density at radius 2 is 1.85 bits per heavy atom. The average molecular weight is 613 g/mol. The van der Waals surface area contributed by atoms with Gasteiger partial charge in [-0.2, -0.15) is 0 Å². The molecule has 4 rings (SSSR count). The van der Waals surface area contributed by atoms with Gasteiger partial charge in [0.1, 0.15) is 5.25 Å². The number of fused-ring (bicyclic) bond motifs is 1. The third kappa shape index (κ3) is 6.48. The molecule has 0 aromatic carbocycles. The first-order valence-corrected chi connectivity index (χ1v) is 20.6. The summed E-state index contributed by atoms with van der Waals surface area (Å²) in [4.78, 5) is 0. The lowest BCUT2D eigenvalue weighted by Crippen LogP contribution is -2.46. The molecule has 2 saturated carbocycles. The van der Waals surface area contributed by atoms with Gasteiger partial charge in [0.25, 0.3) is 0 Å². The van der Waals surface area contributed by atoms with E-state index in [1.165, 1.54) is 5.57 Å². The highest BCUT2D eigenvalue weighted by Gasteiger charge is 2.55. The Labute approximate surface area is 250 Å². The van der Waals surface area contributed by atoms with Crippen LogP contribution in [0.5, 0.6) is 0 Å². The number of alkyl halides is 1. The molecule has 236 valence electrons. The van der Waals surface area contributed by atoms with E-state index in [2.05, 4.69) is 47.7 Å². The van der Waals surface area contributed by atoms with Crippen LogP contribution < -0.4 is 0 Å². The number of halogens is 1. The Balaban J connectivity index is 1.59. The van der Waals surface area contributed by atoms with Crippen molar-refractivity contribution in [3.8, 4) is 0 Å². The van der Waals surface area contributed by atoms with Gasteiger partial charge in [-0.25, -0.2) is 12.8 Å². The summed E-state index contributed by atoms with van der Waals surface area (Å²) in [7, 11) is -6.28. The molecular weight excluding hydrogens is 556 g/mol. The molecule has 0 bridgehead atoms. The zero-order valence-corrected chi connectivity index (χ0v) is 28.9. The van der Waals surface area contributed by atoms with Gasteiger partial charge < -0.3 is 14.6 Å². The lowest BCUT2D eigenvalue weighted by Gasteiger charge is -2.45. The molecule has 1 heterocycles. The summed E-state index contributed by atoms with van der Waals surface area (Å²) in [6.07, 6.45) is 9.16. The predicted octanol–water partition coefficient (Wildman–Crippen LogP) is 7.64. The molecule has 8 atom stereocenters. The summed E-state index contributed by atoms with van der Waals surface area (Å²) in [5.74, 6) is 1.40. The van der Waals surface area contributed by atoms with Crippen LogP contribution in [-0.4, -0.2) is 55.5 Å². The minimum atomic E-state index is -4.13. The molecule has 4 aliphatic rings. The van der Waals surface area contributed by atoms with Crippen molar-refractivity contribution >= 4 is 18.2 Å². The van der Waals surface area contributed by atoms with E-state index in [1.54, 1.807) is 0 Å². The lowest BCUT2D eigenvalue weighted by atomic mass is 9.60. The number of hydrogen-bond acceptors (Lipinski definition) is 5. The van der Waals surface area contributed by atoms with E-state index >= 15 is 4.39 Å². The second-order valence-corrected chi connectivity index (χ2v) is 23.1. The van der Waals surface area contributed by atoms with Crippen molar-refractivity contribution in [3.05, 3.63) is 22.8 Å². The SMILES string of the molecule is C[C@H](CCCC(C)(C)O)[C@H]1CC[C@H]2/C(=C/[C@@H]3C4=C([C@@H](O)C[C@H](O[Si](C)(C)C(C)(C)C)C4)[C@H](F)S3(=O)=O)CCC[C@]12C. The van der Waals surface area contributed by atoms with Crippen LogP contribution in [-0.2, 0) is 14.3 Å². The second kappa shape index (κ2) is 11.4. The molecule has 0 aromatic heterocycles. The van der Waals surface area contributed by atoms with Gasteiger partial charge in [-0.05, 0) is 106 Å². The summed E-state index contributed by atoms with van der Waals surface area (Å²) >= 11 is 0. The van der Waals surface area contributed by atoms with Crippen LogP contribution in [0.3, 0.4) is 0 Å². The fraction of sp³-hybridized carbons (Fsp3) is 0.879. The number of sulfone groups is 1. The Morgan fingerprint density at radius 1 is 1.20 bits per heavy atom. The van der Waals surface area contributed by atoms with Crippen LogP contribution in [0.2, 0.25) is 18.1 Å². The molecule has 0 radical (unpaired) electrons. The molecular formula is C33H57FO5SSi. The Hall–Kier alpha value is -0.543. The number of aliphatic hydroxyl groups excluding tert-OH is 1. The molecule has 8 heteroatoms. The van der Waals surface area contributed by atoms with E-state index in [0.29, 0.717) is 29.7 Å². The van der Waals surface area contributed by atoms with Crippen molar-refractivity contribution in [1.82, 2.24) is 0 Å². The highest BCUT2D eigenvalue weighted by Crippen LogP contribution is 2.60. The van der Waals surface area contributed by atoms with Crippen LogP contribution in [0.25, 0.3) is 0 Å². The topological polar surface area (TPSA) is 83.8 Å². The maximum atomic E-state index is 15.6. The Kier molecular flexibility index (Phi) is 9.30. The van der Waals surface area contributed by atoms with Gasteiger partial charge in [0.15, 0.2) is 18.2 Å². The molecule has 0 aromatic rings. The monoisotopic (exact) mass is 612 g/mol. The largest absolute Gasteiger partial charge is 0.414 e. The summed E-state index contributed by atoms with van der Waals surface area (Å²) in [5.41, 5.74) is -0.850. The molecule has 5 nitrogen and oxygen atoms in total. The number of aliphatic hydroxyl groups is 2. The minimum Gasteiger partial charge on any atom is -0.414 e. The third-order valence-corrected chi connectivity index (χ3v) is 18.2. The highest BCUT2D eigenvalue weighted by molar-refractivity contribution is 7.93. The van der Waals surface area contributed by atoms with Crippen LogP contribution in [0.4, 0.5) is 4.39 Å². The second-order valence-electron chi connectivity index (χ2n) is 16.3. The molecule has 1 aliphatic heterocycles. The maximum absolute atomic E-state index is 15.6. The van der Waals surface area contributed by atoms with Crippen molar-refractivity contribution < 1.29 is 27.4 Å². The lowest BCUT2D eigenvalue weighted by molar-refractivity contribution is 0.0596. The number of allylic oxidation sites excluding steroid dienone is 1. The Bertz CT molecular complexity index is 1150. The third-order valence-electron chi connectivity index (χ3n) is 11.7. The standard InChI is InChI=1S/C33H57FO5SSi/c1-21(12-10-16-32(5,6)36)25-14-15-26-22(13-11-17-33(25,26)7)18-28-24-19-23(39-41(8,9)31(2,3)4)20-27(35)29(24)30(34)40(28,37)38/h18,21,23,25-28,30,35-36H,10-17,19-20H2,1-9H3/b22-18+/t21-,23-,25-,26+,27+,28-,30-,33-/m1/s1. The highest BCUT2D eigenvalue weighted by atomic mass is 32.2. The van der Waals surface area contributed by atoms with Crippen molar-refractivity contribution in [2.24, 2.45) is 23.2 Å². The van der Waals surface area contributed by atoms with Crippen molar-refractivity contribution in [1.29, 1.82) is 0 Å². The van der Waals surface area contributed by atoms with Crippen LogP contribution in [0.15, 0.2) is 22.8 Å². The van der Waals surface area contributed by atoms with E-state index < -0.39 is 40.6 Å². The fourth-order valence-electron chi connectivity index (χ4n) is 8.46. The zero-order valence-electron chi connectivity index (χ0n) is 27.1. The average Bonchev–Trinajstić information content (AvgIpc) is 3.25. The summed E-state index contributed by atoms with van der Waals surface area (Å²) in [5, 5.41) is 20.2. The van der Waals surface area contributed by atoms with E-state index in [1.807, 2.05) is 19.9 Å². The first kappa shape index (κ1) is 33.4. The zero-order chi connectivity index (χ0) is 30.8. The molecule has 0 amide bonds. The quantitative estimate of drug-likeness (QED) is 0.217. The predicted molar refractivity (Wildman–Crippen MR) is 168 cm³/mol. The minimum absolute atomic E-state index is 0.0185. The van der Waals surface area contributed by atoms with Crippen LogP contribution in [0.1, 0.15) is 113 Å². The van der Waals surface area contributed by atoms with Gasteiger partial charge >= 0.3 is 0 Å². The van der Waals surface area contributed by atoms with E-state index in [4.69, 9.17) is 4.43 Å². The van der Waals surface area contributed by atoms with Crippen molar-refractivity contribution in [2.75, 3.05) is 0 Å². The number of hydrogen-bond donors (Lipinski definition) is 2. The molecule has 41 heavy (non-hydrogen) atoms. The number of rotatable bonds is 8. The van der Waals surface area contributed by atoms with Crippen LogP contribution >= 0.6 is 0 Å². The summed E-state index contributed by atoms with van der Waals surface area (Å²) < 4.78 is 49.3. The Morgan fingerprint density at radius 3 is 2.46 bits per heavy atom. The first-order chi connectivity index (χ1) is 18.7. The first-order valence-electron chi connectivity index (χ1n) is 16.1. The molecule has 3 aliphatic carbocycles. The van der Waals surface area contributed by atoms with E-state index in [-0.39, 0.29) is 28.6 Å². The normalized spacial score (nSPS) is 37.8. The van der Waals surface area contributed by atoms with Crippen molar-refractivity contribution in [3.63, 3.8) is 0 Å². The fourth-order valence-corrected chi connectivity index (χ4v) is 11.7. The van der Waals surface area contributed by atoms with E-state index in [0.717, 1.165) is 51.4 Å². The van der Waals surface area contributed by atoms with Gasteiger partial charge in [0.05, 0.1) is 17.8 Å². The van der Waals surface area contributed by atoms with Crippen molar-refractivity contribution in [2.45, 2.75) is 159 Å². The smallest absolute Gasteiger partial charge is 0.225 e. The maximum Gasteiger partial charge on any atom is 0.225 e. The molecule has 2 N–H and O–H groups in total. The molecule has 0 saturated heterocycles. The van der Waals surface area contributed by atoms with Gasteiger partial charge in [-0.3, -0.25) is 0 Å². The van der Waals surface area contributed by atoms with Gasteiger partial charge in [-0.15, -0.1) is 0 Å². The van der Waals surface area contributed by atoms with Gasteiger partial charge in [0, 0.05) is 12.0 Å². The van der Waals surface area contributed by atoms with Gasteiger partial charge in [-0.1, -0.05) is 59.1 Å². The summed E-state index contributed by atoms with van der Waals surface area (Å²) in [6, 6.07) is 0. The molecule has 2 fully saturated rings. The molecule has 0 spiro atoms. The van der Waals surface area contributed by atoms with E-state index in [9.17, 15) is 18.6 Å². The molecule has 0 unspecified atom stereocenters.